The van der Waals surface area contributed by atoms with E-state index in [2.05, 4.69) is 0 Å². The average Bonchev–Trinajstić information content (AvgIpc) is 3.43. The van der Waals surface area contributed by atoms with Gasteiger partial charge in [0, 0.05) is 11.6 Å². The zero-order valence-electron chi connectivity index (χ0n) is 18.1. The molecular weight excluding hydrogens is 436 g/mol. The number of benzene rings is 3. The van der Waals surface area contributed by atoms with Crippen LogP contribution < -0.4 is 23.7 Å². The van der Waals surface area contributed by atoms with Crippen molar-refractivity contribution in [2.75, 3.05) is 6.79 Å². The van der Waals surface area contributed by atoms with Crippen LogP contribution in [0.3, 0.4) is 0 Å². The van der Waals surface area contributed by atoms with Crippen molar-refractivity contribution < 1.29 is 33.3 Å². The number of hydrogen-bond acceptors (Lipinski definition) is 7. The molecule has 3 aromatic rings. The SMILES string of the molecule is CC1Oc2ccccc2C=C1/C=C1\Oc2cc(OC(=O)c3ccc4c(c3)OCO4)ccc2C1=O. The van der Waals surface area contributed by atoms with Crippen molar-refractivity contribution in [2.45, 2.75) is 13.0 Å². The molecule has 3 aromatic carbocycles. The number of ether oxygens (including phenoxy) is 5. The Morgan fingerprint density at radius 2 is 1.82 bits per heavy atom. The Balaban J connectivity index is 1.22. The highest BCUT2D eigenvalue weighted by atomic mass is 16.7. The maximum atomic E-state index is 12.9. The molecule has 0 spiro atoms. The predicted molar refractivity (Wildman–Crippen MR) is 122 cm³/mol. The molecule has 1 unspecified atom stereocenters. The van der Waals surface area contributed by atoms with Gasteiger partial charge in [0.15, 0.2) is 17.3 Å². The van der Waals surface area contributed by atoms with Crippen molar-refractivity contribution in [3.05, 3.63) is 94.8 Å². The van der Waals surface area contributed by atoms with Crippen molar-refractivity contribution >= 4 is 17.8 Å². The Morgan fingerprint density at radius 1 is 0.971 bits per heavy atom. The molecule has 3 aliphatic heterocycles. The van der Waals surface area contributed by atoms with Crippen molar-refractivity contribution in [1.82, 2.24) is 0 Å². The fraction of sp³-hybridized carbons (Fsp3) is 0.111. The molecular formula is C27H18O7. The maximum Gasteiger partial charge on any atom is 0.343 e. The Morgan fingerprint density at radius 3 is 2.74 bits per heavy atom. The summed E-state index contributed by atoms with van der Waals surface area (Å²) in [6.07, 6.45) is 3.44. The highest BCUT2D eigenvalue weighted by molar-refractivity contribution is 6.12. The van der Waals surface area contributed by atoms with Crippen LogP contribution in [0.2, 0.25) is 0 Å². The lowest BCUT2D eigenvalue weighted by Crippen LogP contribution is -2.18. The van der Waals surface area contributed by atoms with Crippen LogP contribution in [-0.2, 0) is 0 Å². The molecule has 6 rings (SSSR count). The Hall–Kier alpha value is -4.52. The van der Waals surface area contributed by atoms with E-state index in [0.29, 0.717) is 28.4 Å². The van der Waals surface area contributed by atoms with E-state index in [1.165, 1.54) is 6.07 Å². The number of hydrogen-bond donors (Lipinski definition) is 0. The van der Waals surface area contributed by atoms with Gasteiger partial charge in [-0.15, -0.1) is 0 Å². The third-order valence-electron chi connectivity index (χ3n) is 5.77. The summed E-state index contributed by atoms with van der Waals surface area (Å²) < 4.78 is 27.8. The molecule has 0 aliphatic carbocycles. The van der Waals surface area contributed by atoms with Crippen LogP contribution in [0.25, 0.3) is 6.08 Å². The number of para-hydroxylation sites is 1. The third kappa shape index (κ3) is 3.47. The highest BCUT2D eigenvalue weighted by Crippen LogP contribution is 2.37. The second-order valence-corrected chi connectivity index (χ2v) is 8.00. The van der Waals surface area contributed by atoms with Gasteiger partial charge in [-0.05, 0) is 61.0 Å². The van der Waals surface area contributed by atoms with Crippen LogP contribution >= 0.6 is 0 Å². The number of rotatable bonds is 3. The molecule has 0 aromatic heterocycles. The highest BCUT2D eigenvalue weighted by Gasteiger charge is 2.30. The Bertz CT molecular complexity index is 1420. The van der Waals surface area contributed by atoms with Gasteiger partial charge in [-0.25, -0.2) is 4.79 Å². The van der Waals surface area contributed by atoms with E-state index in [4.69, 9.17) is 23.7 Å². The first kappa shape index (κ1) is 20.1. The van der Waals surface area contributed by atoms with Crippen LogP contribution in [0.15, 0.2) is 78.1 Å². The second-order valence-electron chi connectivity index (χ2n) is 8.00. The minimum absolute atomic E-state index is 0.119. The lowest BCUT2D eigenvalue weighted by molar-refractivity contribution is 0.0734. The zero-order chi connectivity index (χ0) is 23.2. The second kappa shape index (κ2) is 7.81. The molecule has 1 atom stereocenters. The van der Waals surface area contributed by atoms with E-state index < -0.39 is 5.97 Å². The lowest BCUT2D eigenvalue weighted by atomic mass is 10.0. The smallest absolute Gasteiger partial charge is 0.343 e. The number of esters is 1. The van der Waals surface area contributed by atoms with E-state index >= 15 is 0 Å². The van der Waals surface area contributed by atoms with Gasteiger partial charge in [-0.2, -0.15) is 0 Å². The molecule has 7 heteroatoms. The average molecular weight is 454 g/mol. The first-order valence-corrected chi connectivity index (χ1v) is 10.7. The predicted octanol–water partition coefficient (Wildman–Crippen LogP) is 4.96. The van der Waals surface area contributed by atoms with Gasteiger partial charge < -0.3 is 23.7 Å². The Labute approximate surface area is 194 Å². The molecule has 168 valence electrons. The van der Waals surface area contributed by atoms with Crippen molar-refractivity contribution in [2.24, 2.45) is 0 Å². The summed E-state index contributed by atoms with van der Waals surface area (Å²) in [5, 5.41) is 0. The largest absolute Gasteiger partial charge is 0.485 e. The molecule has 7 nitrogen and oxygen atoms in total. The molecule has 0 amide bonds. The molecule has 34 heavy (non-hydrogen) atoms. The summed E-state index contributed by atoms with van der Waals surface area (Å²) in [6.45, 7) is 2.04. The molecule has 0 radical (unpaired) electrons. The molecule has 0 bridgehead atoms. The van der Waals surface area contributed by atoms with E-state index in [1.807, 2.05) is 37.3 Å². The van der Waals surface area contributed by atoms with Gasteiger partial charge in [-0.3, -0.25) is 4.79 Å². The molecule has 0 N–H and O–H groups in total. The number of fused-ring (bicyclic) bond motifs is 3. The van der Waals surface area contributed by atoms with Crippen LogP contribution in [0.4, 0.5) is 0 Å². The number of ketones is 1. The van der Waals surface area contributed by atoms with Crippen LogP contribution in [0, 0.1) is 0 Å². The zero-order valence-corrected chi connectivity index (χ0v) is 18.1. The summed E-state index contributed by atoms with van der Waals surface area (Å²) in [7, 11) is 0. The van der Waals surface area contributed by atoms with E-state index in [1.54, 1.807) is 36.4 Å². The molecule has 3 heterocycles. The van der Waals surface area contributed by atoms with Crippen molar-refractivity contribution in [3.8, 4) is 28.7 Å². The number of carbonyl (C=O) groups excluding carboxylic acids is 2. The molecule has 0 fully saturated rings. The van der Waals surface area contributed by atoms with Gasteiger partial charge >= 0.3 is 5.97 Å². The van der Waals surface area contributed by atoms with E-state index in [0.717, 1.165) is 16.9 Å². The van der Waals surface area contributed by atoms with E-state index in [9.17, 15) is 9.59 Å². The Kier molecular flexibility index (Phi) is 4.62. The molecule has 3 aliphatic rings. The van der Waals surface area contributed by atoms with Crippen molar-refractivity contribution in [1.29, 1.82) is 0 Å². The summed E-state index contributed by atoms with van der Waals surface area (Å²) in [5.74, 6) is 1.85. The van der Waals surface area contributed by atoms with Gasteiger partial charge in [0.2, 0.25) is 12.6 Å². The number of Topliss-reactive ketones (excluding diaryl/α,β-unsaturated/α-hetero) is 1. The summed E-state index contributed by atoms with van der Waals surface area (Å²) in [6, 6.07) is 17.2. The summed E-state index contributed by atoms with van der Waals surface area (Å²) >= 11 is 0. The quantitative estimate of drug-likeness (QED) is 0.314. The topological polar surface area (TPSA) is 80.3 Å². The van der Waals surface area contributed by atoms with Crippen LogP contribution in [0.1, 0.15) is 33.2 Å². The first-order valence-electron chi connectivity index (χ1n) is 10.7. The summed E-state index contributed by atoms with van der Waals surface area (Å²) in [5.41, 5.74) is 2.48. The van der Waals surface area contributed by atoms with E-state index in [-0.39, 0.29) is 30.2 Å². The minimum Gasteiger partial charge on any atom is -0.485 e. The standard InChI is InChI=1S/C27H18O7/c1-15-18(10-16-4-2-3-5-21(16)32-15)12-25-26(28)20-8-7-19(13-23(20)34-25)33-27(29)17-6-9-22-24(11-17)31-14-30-22/h2-13,15H,14H2,1H3/b25-12-. The van der Waals surface area contributed by atoms with Crippen molar-refractivity contribution in [3.63, 3.8) is 0 Å². The van der Waals surface area contributed by atoms with Crippen LogP contribution in [0.5, 0.6) is 28.7 Å². The monoisotopic (exact) mass is 454 g/mol. The number of carbonyl (C=O) groups is 2. The van der Waals surface area contributed by atoms with Crippen LogP contribution in [-0.4, -0.2) is 24.6 Å². The molecule has 0 saturated heterocycles. The van der Waals surface area contributed by atoms with Gasteiger partial charge in [-0.1, -0.05) is 18.2 Å². The maximum absolute atomic E-state index is 12.9. The molecule has 0 saturated carbocycles. The third-order valence-corrected chi connectivity index (χ3v) is 5.77. The first-order chi connectivity index (χ1) is 16.5. The lowest BCUT2D eigenvalue weighted by Gasteiger charge is -2.22. The minimum atomic E-state index is -0.560. The fourth-order valence-corrected chi connectivity index (χ4v) is 3.99. The van der Waals surface area contributed by atoms with Gasteiger partial charge in [0.1, 0.15) is 23.4 Å². The normalized spacial score (nSPS) is 18.5. The summed E-state index contributed by atoms with van der Waals surface area (Å²) in [4.78, 5) is 25.5. The van der Waals surface area contributed by atoms with Gasteiger partial charge in [0.25, 0.3) is 0 Å². The van der Waals surface area contributed by atoms with Gasteiger partial charge in [0.05, 0.1) is 11.1 Å². The fourth-order valence-electron chi connectivity index (χ4n) is 3.99. The number of allylic oxidation sites excluding steroid dienone is 1.